The molecular formula is C11H11Cl2Zr. The summed E-state index contributed by atoms with van der Waals surface area (Å²) in [6.07, 6.45) is 0. The van der Waals surface area contributed by atoms with Crippen LogP contribution in [0.3, 0.4) is 0 Å². The zero-order chi connectivity index (χ0) is 7.84. The molecule has 0 aliphatic rings. The summed E-state index contributed by atoms with van der Waals surface area (Å²) in [5.41, 5.74) is 2.74. The molecule has 0 spiro atoms. The number of hydrogen-bond acceptors (Lipinski definition) is 0. The van der Waals surface area contributed by atoms with Crippen molar-refractivity contribution >= 4 is 10.8 Å². The fourth-order valence-electron chi connectivity index (χ4n) is 1.54. The maximum absolute atomic E-state index is 2.18. The predicted molar refractivity (Wildman–Crippen MR) is 49.0 cm³/mol. The van der Waals surface area contributed by atoms with Crippen LogP contribution in [0.4, 0.5) is 0 Å². The van der Waals surface area contributed by atoms with Gasteiger partial charge in [-0.25, -0.2) is 0 Å². The van der Waals surface area contributed by atoms with E-state index >= 15 is 0 Å². The SMILES string of the molecule is Cc1ccc(C)c2[cH-]ccc12.[Cl-].[Cl-].[Zr+3]. The summed E-state index contributed by atoms with van der Waals surface area (Å²) in [5.74, 6) is 0. The molecule has 2 aromatic carbocycles. The van der Waals surface area contributed by atoms with Gasteiger partial charge in [-0.2, -0.15) is 12.1 Å². The van der Waals surface area contributed by atoms with Gasteiger partial charge in [-0.3, -0.25) is 0 Å². The zero-order valence-electron chi connectivity index (χ0n) is 8.14. The van der Waals surface area contributed by atoms with Crippen LogP contribution in [0, 0.1) is 13.8 Å². The number of rotatable bonds is 0. The minimum Gasteiger partial charge on any atom is -1.00 e. The Hall–Kier alpha value is 0.293. The van der Waals surface area contributed by atoms with E-state index in [1.807, 2.05) is 0 Å². The number of hydrogen-bond donors (Lipinski definition) is 0. The molecule has 73 valence electrons. The molecule has 1 radical (unpaired) electrons. The minimum atomic E-state index is 0. The largest absolute Gasteiger partial charge is 3.00 e. The van der Waals surface area contributed by atoms with Gasteiger partial charge in [-0.1, -0.05) is 18.6 Å². The van der Waals surface area contributed by atoms with E-state index in [9.17, 15) is 0 Å². The Kier molecular flexibility index (Phi) is 8.02. The number of benzene rings is 1. The van der Waals surface area contributed by atoms with Crippen LogP contribution < -0.4 is 24.8 Å². The van der Waals surface area contributed by atoms with E-state index in [0.717, 1.165) is 0 Å². The first-order chi connectivity index (χ1) is 5.29. The molecule has 0 aliphatic carbocycles. The van der Waals surface area contributed by atoms with Crippen LogP contribution in [0.2, 0.25) is 0 Å². The Morgan fingerprint density at radius 2 is 1.50 bits per heavy atom. The van der Waals surface area contributed by atoms with Crippen molar-refractivity contribution in [3.05, 3.63) is 41.5 Å². The molecule has 0 aromatic heterocycles. The van der Waals surface area contributed by atoms with Crippen molar-refractivity contribution in [2.45, 2.75) is 13.8 Å². The topological polar surface area (TPSA) is 0 Å². The van der Waals surface area contributed by atoms with E-state index < -0.39 is 0 Å². The van der Waals surface area contributed by atoms with Gasteiger partial charge in [0.05, 0.1) is 0 Å². The quantitative estimate of drug-likeness (QED) is 0.461. The number of fused-ring (bicyclic) bond motifs is 1. The average molecular weight is 305 g/mol. The molecule has 0 saturated carbocycles. The van der Waals surface area contributed by atoms with E-state index in [1.54, 1.807) is 0 Å². The van der Waals surface area contributed by atoms with Crippen molar-refractivity contribution in [1.82, 2.24) is 0 Å². The van der Waals surface area contributed by atoms with Crippen LogP contribution >= 0.6 is 0 Å². The molecule has 0 atom stereocenters. The van der Waals surface area contributed by atoms with Crippen molar-refractivity contribution in [2.75, 3.05) is 0 Å². The number of aryl methyl sites for hydroxylation is 2. The van der Waals surface area contributed by atoms with Gasteiger partial charge in [0.1, 0.15) is 0 Å². The first kappa shape index (κ1) is 16.7. The average Bonchev–Trinajstić information content (AvgIpc) is 2.45. The third-order valence-electron chi connectivity index (χ3n) is 2.25. The molecule has 0 bridgehead atoms. The second-order valence-electron chi connectivity index (χ2n) is 3.05. The molecular weight excluding hydrogens is 294 g/mol. The zero-order valence-corrected chi connectivity index (χ0v) is 12.1. The molecule has 2 aromatic rings. The summed E-state index contributed by atoms with van der Waals surface area (Å²) in [6, 6.07) is 10.8. The molecule has 0 heterocycles. The number of halogens is 2. The van der Waals surface area contributed by atoms with E-state index in [4.69, 9.17) is 0 Å². The third-order valence-corrected chi connectivity index (χ3v) is 2.25. The minimum absolute atomic E-state index is 0. The molecule has 14 heavy (non-hydrogen) atoms. The van der Waals surface area contributed by atoms with Gasteiger partial charge in [-0.15, -0.1) is 28.5 Å². The maximum Gasteiger partial charge on any atom is 3.00 e. The van der Waals surface area contributed by atoms with Crippen molar-refractivity contribution in [3.63, 3.8) is 0 Å². The third kappa shape index (κ3) is 2.89. The fourth-order valence-corrected chi connectivity index (χ4v) is 1.54. The summed E-state index contributed by atoms with van der Waals surface area (Å²) in [7, 11) is 0. The second-order valence-corrected chi connectivity index (χ2v) is 3.05. The summed E-state index contributed by atoms with van der Waals surface area (Å²) < 4.78 is 0. The van der Waals surface area contributed by atoms with Gasteiger partial charge < -0.3 is 24.8 Å². The summed E-state index contributed by atoms with van der Waals surface area (Å²) in [4.78, 5) is 0. The Bertz CT molecular complexity index is 357. The van der Waals surface area contributed by atoms with Crippen molar-refractivity contribution in [3.8, 4) is 0 Å². The molecule has 0 nitrogen and oxygen atoms in total. The Balaban J connectivity index is 0. The Morgan fingerprint density at radius 1 is 0.929 bits per heavy atom. The van der Waals surface area contributed by atoms with Crippen LogP contribution in [0.1, 0.15) is 11.1 Å². The maximum atomic E-state index is 2.18. The normalized spacial score (nSPS) is 8.43. The summed E-state index contributed by atoms with van der Waals surface area (Å²) in [6.45, 7) is 4.31. The first-order valence-electron chi connectivity index (χ1n) is 3.90. The van der Waals surface area contributed by atoms with Crippen LogP contribution in [0.25, 0.3) is 10.8 Å². The summed E-state index contributed by atoms with van der Waals surface area (Å²) >= 11 is 0. The van der Waals surface area contributed by atoms with Gasteiger partial charge in [0, 0.05) is 0 Å². The Labute approximate surface area is 116 Å². The van der Waals surface area contributed by atoms with Gasteiger partial charge in [0.2, 0.25) is 0 Å². The van der Waals surface area contributed by atoms with Crippen molar-refractivity contribution in [1.29, 1.82) is 0 Å². The van der Waals surface area contributed by atoms with Crippen molar-refractivity contribution in [2.24, 2.45) is 0 Å². The predicted octanol–water partition coefficient (Wildman–Crippen LogP) is -2.82. The molecule has 0 fully saturated rings. The van der Waals surface area contributed by atoms with E-state index in [-0.39, 0.29) is 51.0 Å². The molecule has 2 rings (SSSR count). The molecule has 0 N–H and O–H groups in total. The smallest absolute Gasteiger partial charge is 1.00 e. The van der Waals surface area contributed by atoms with Crippen molar-refractivity contribution < 1.29 is 51.0 Å². The van der Waals surface area contributed by atoms with Crippen LogP contribution in [-0.4, -0.2) is 0 Å². The summed E-state index contributed by atoms with van der Waals surface area (Å²) in [5, 5.41) is 2.79. The molecule has 0 aliphatic heterocycles. The van der Waals surface area contributed by atoms with E-state index in [2.05, 4.69) is 44.2 Å². The standard InChI is InChI=1S/C11H11.2ClH.Zr/c1-8-6-7-9(2)11-5-3-4-10(8)11;;;/h3-7H,1-2H3;2*1H;/q-1;;;+3/p-2. The van der Waals surface area contributed by atoms with Crippen LogP contribution in [0.15, 0.2) is 30.3 Å². The Morgan fingerprint density at radius 3 is 2.07 bits per heavy atom. The van der Waals surface area contributed by atoms with E-state index in [1.165, 1.54) is 21.9 Å². The molecule has 0 amide bonds. The second kappa shape index (κ2) is 6.72. The first-order valence-corrected chi connectivity index (χ1v) is 3.90. The van der Waals surface area contributed by atoms with Crippen LogP contribution in [0.5, 0.6) is 0 Å². The van der Waals surface area contributed by atoms with Gasteiger partial charge in [0.15, 0.2) is 0 Å². The van der Waals surface area contributed by atoms with Gasteiger partial charge in [-0.05, 0) is 6.92 Å². The van der Waals surface area contributed by atoms with Crippen LogP contribution in [-0.2, 0) is 26.2 Å². The van der Waals surface area contributed by atoms with Gasteiger partial charge >= 0.3 is 26.2 Å². The monoisotopic (exact) mass is 303 g/mol. The molecule has 0 unspecified atom stereocenters. The van der Waals surface area contributed by atoms with Gasteiger partial charge in [0.25, 0.3) is 0 Å². The fraction of sp³-hybridized carbons (Fsp3) is 0.182. The molecule has 0 saturated heterocycles. The van der Waals surface area contributed by atoms with E-state index in [0.29, 0.717) is 0 Å². The molecule has 3 heteroatoms.